The van der Waals surface area contributed by atoms with Gasteiger partial charge in [0.15, 0.2) is 0 Å². The standard InChI is InChI=1S/C11H10F3NO3/c1-7(16)15(6-10(17)18)9-4-2-8(3-5-9)11(12,13)14/h2-5H,6H2,1H3,(H,17,18). The molecule has 7 heteroatoms. The van der Waals surface area contributed by atoms with E-state index in [1.807, 2.05) is 0 Å². The van der Waals surface area contributed by atoms with Gasteiger partial charge >= 0.3 is 12.1 Å². The number of rotatable bonds is 3. The normalized spacial score (nSPS) is 11.1. The van der Waals surface area contributed by atoms with Crippen LogP contribution in [0.3, 0.4) is 0 Å². The van der Waals surface area contributed by atoms with E-state index >= 15 is 0 Å². The summed E-state index contributed by atoms with van der Waals surface area (Å²) in [6, 6.07) is 3.72. The molecule has 1 aromatic carbocycles. The van der Waals surface area contributed by atoms with E-state index in [2.05, 4.69) is 0 Å². The smallest absolute Gasteiger partial charge is 0.416 e. The first-order valence-electron chi connectivity index (χ1n) is 4.89. The van der Waals surface area contributed by atoms with Crippen molar-refractivity contribution in [1.82, 2.24) is 0 Å². The van der Waals surface area contributed by atoms with E-state index in [1.165, 1.54) is 0 Å². The van der Waals surface area contributed by atoms with Crippen LogP contribution in [0.15, 0.2) is 24.3 Å². The minimum atomic E-state index is -4.47. The first kappa shape index (κ1) is 14.0. The maximum absolute atomic E-state index is 12.3. The Morgan fingerprint density at radius 2 is 1.72 bits per heavy atom. The van der Waals surface area contributed by atoms with Gasteiger partial charge < -0.3 is 10.0 Å². The number of aliphatic carboxylic acids is 1. The molecule has 1 N–H and O–H groups in total. The van der Waals surface area contributed by atoms with Crippen LogP contribution in [0.4, 0.5) is 18.9 Å². The molecular weight excluding hydrogens is 251 g/mol. The Balaban J connectivity index is 3.01. The number of amides is 1. The number of halogens is 3. The second kappa shape index (κ2) is 5.07. The van der Waals surface area contributed by atoms with Gasteiger partial charge in [0.05, 0.1) is 5.56 Å². The molecule has 0 aliphatic heterocycles. The van der Waals surface area contributed by atoms with E-state index in [9.17, 15) is 22.8 Å². The minimum Gasteiger partial charge on any atom is -0.480 e. The number of anilines is 1. The van der Waals surface area contributed by atoms with Crippen molar-refractivity contribution in [3.05, 3.63) is 29.8 Å². The minimum absolute atomic E-state index is 0.109. The molecule has 0 unspecified atom stereocenters. The molecule has 0 saturated carbocycles. The van der Waals surface area contributed by atoms with E-state index < -0.39 is 30.2 Å². The summed E-state index contributed by atoms with van der Waals surface area (Å²) in [6.07, 6.45) is -4.47. The first-order valence-corrected chi connectivity index (χ1v) is 4.89. The molecule has 0 atom stereocenters. The van der Waals surface area contributed by atoms with E-state index in [0.717, 1.165) is 36.1 Å². The van der Waals surface area contributed by atoms with Gasteiger partial charge in [-0.25, -0.2) is 0 Å². The van der Waals surface area contributed by atoms with Crippen molar-refractivity contribution in [3.63, 3.8) is 0 Å². The third-order valence-corrected chi connectivity index (χ3v) is 2.18. The van der Waals surface area contributed by atoms with Gasteiger partial charge in [-0.3, -0.25) is 9.59 Å². The van der Waals surface area contributed by atoms with E-state index in [4.69, 9.17) is 5.11 Å². The third kappa shape index (κ3) is 3.47. The molecule has 0 spiro atoms. The summed E-state index contributed by atoms with van der Waals surface area (Å²) in [5.41, 5.74) is -0.747. The SMILES string of the molecule is CC(=O)N(CC(=O)O)c1ccc(C(F)(F)F)cc1. The Hall–Kier alpha value is -2.05. The van der Waals surface area contributed by atoms with Crippen LogP contribution in [-0.2, 0) is 15.8 Å². The van der Waals surface area contributed by atoms with Crippen molar-refractivity contribution in [2.24, 2.45) is 0 Å². The van der Waals surface area contributed by atoms with E-state index in [0.29, 0.717) is 0 Å². The Morgan fingerprint density at radius 1 is 1.22 bits per heavy atom. The van der Waals surface area contributed by atoms with Crippen LogP contribution in [0.1, 0.15) is 12.5 Å². The van der Waals surface area contributed by atoms with Crippen LogP contribution in [0.25, 0.3) is 0 Å². The average Bonchev–Trinajstić information content (AvgIpc) is 2.24. The highest BCUT2D eigenvalue weighted by atomic mass is 19.4. The second-order valence-electron chi connectivity index (χ2n) is 3.54. The maximum atomic E-state index is 12.3. The summed E-state index contributed by atoms with van der Waals surface area (Å²) >= 11 is 0. The number of carboxylic acids is 1. The fraction of sp³-hybridized carbons (Fsp3) is 0.273. The molecule has 0 fully saturated rings. The number of carboxylic acid groups (broad SMARTS) is 1. The molecule has 0 aliphatic carbocycles. The average molecular weight is 261 g/mol. The molecule has 98 valence electrons. The zero-order valence-electron chi connectivity index (χ0n) is 9.36. The number of hydrogen-bond donors (Lipinski definition) is 1. The van der Waals surface area contributed by atoms with Gasteiger partial charge in [-0.2, -0.15) is 13.2 Å². The lowest BCUT2D eigenvalue weighted by Gasteiger charge is -2.19. The van der Waals surface area contributed by atoms with Gasteiger partial charge in [0, 0.05) is 12.6 Å². The zero-order chi connectivity index (χ0) is 13.9. The van der Waals surface area contributed by atoms with Crippen LogP contribution in [0, 0.1) is 0 Å². The van der Waals surface area contributed by atoms with Crippen LogP contribution >= 0.6 is 0 Å². The molecule has 4 nitrogen and oxygen atoms in total. The van der Waals surface area contributed by atoms with Crippen LogP contribution in [-0.4, -0.2) is 23.5 Å². The summed E-state index contributed by atoms with van der Waals surface area (Å²) < 4.78 is 36.9. The van der Waals surface area contributed by atoms with Crippen LogP contribution in [0.2, 0.25) is 0 Å². The summed E-state index contributed by atoms with van der Waals surface area (Å²) in [5.74, 6) is -1.80. The number of benzene rings is 1. The van der Waals surface area contributed by atoms with Crippen molar-refractivity contribution >= 4 is 17.6 Å². The van der Waals surface area contributed by atoms with Gasteiger partial charge in [0.1, 0.15) is 6.54 Å². The molecule has 0 aliphatic rings. The molecule has 0 heterocycles. The van der Waals surface area contributed by atoms with Crippen LogP contribution in [0.5, 0.6) is 0 Å². The molecule has 1 amide bonds. The fourth-order valence-corrected chi connectivity index (χ4v) is 1.35. The topological polar surface area (TPSA) is 57.6 Å². The van der Waals surface area contributed by atoms with Crippen molar-refractivity contribution < 1.29 is 27.9 Å². The molecule has 18 heavy (non-hydrogen) atoms. The maximum Gasteiger partial charge on any atom is 0.416 e. The quantitative estimate of drug-likeness (QED) is 0.906. The van der Waals surface area contributed by atoms with Crippen LogP contribution < -0.4 is 4.90 Å². The molecular formula is C11H10F3NO3. The van der Waals surface area contributed by atoms with E-state index in [-0.39, 0.29) is 5.69 Å². The Bertz CT molecular complexity index is 454. The largest absolute Gasteiger partial charge is 0.480 e. The molecule has 0 radical (unpaired) electrons. The second-order valence-corrected chi connectivity index (χ2v) is 3.54. The Labute approximate surface area is 101 Å². The Kier molecular flexibility index (Phi) is 3.95. The molecule has 1 aromatic rings. The number of carbonyl (C=O) groups excluding carboxylic acids is 1. The summed E-state index contributed by atoms with van der Waals surface area (Å²) in [5, 5.41) is 8.60. The van der Waals surface area contributed by atoms with Gasteiger partial charge in [0.25, 0.3) is 0 Å². The summed E-state index contributed by atoms with van der Waals surface area (Å²) in [4.78, 5) is 22.6. The monoisotopic (exact) mass is 261 g/mol. The highest BCUT2D eigenvalue weighted by Gasteiger charge is 2.30. The number of nitrogens with zero attached hydrogens (tertiary/aromatic N) is 1. The lowest BCUT2D eigenvalue weighted by atomic mass is 10.2. The lowest BCUT2D eigenvalue weighted by Crippen LogP contribution is -2.33. The molecule has 0 bridgehead atoms. The zero-order valence-corrected chi connectivity index (χ0v) is 9.36. The van der Waals surface area contributed by atoms with E-state index in [1.54, 1.807) is 0 Å². The van der Waals surface area contributed by atoms with Gasteiger partial charge in [-0.1, -0.05) is 0 Å². The molecule has 1 rings (SSSR count). The number of alkyl halides is 3. The van der Waals surface area contributed by atoms with Gasteiger partial charge in [-0.05, 0) is 24.3 Å². The Morgan fingerprint density at radius 3 is 2.06 bits per heavy atom. The van der Waals surface area contributed by atoms with Crippen molar-refractivity contribution in [3.8, 4) is 0 Å². The predicted molar refractivity (Wildman–Crippen MR) is 57.1 cm³/mol. The fourth-order valence-electron chi connectivity index (χ4n) is 1.35. The summed E-state index contributed by atoms with van der Waals surface area (Å²) in [7, 11) is 0. The molecule has 0 aromatic heterocycles. The lowest BCUT2D eigenvalue weighted by molar-refractivity contribution is -0.138. The number of hydrogen-bond acceptors (Lipinski definition) is 2. The highest BCUT2D eigenvalue weighted by Crippen LogP contribution is 2.30. The third-order valence-electron chi connectivity index (χ3n) is 2.18. The highest BCUT2D eigenvalue weighted by molar-refractivity contribution is 5.95. The van der Waals surface area contributed by atoms with Gasteiger partial charge in [0.2, 0.25) is 5.91 Å². The predicted octanol–water partition coefficient (Wildman–Crippen LogP) is 2.14. The number of carbonyl (C=O) groups is 2. The molecule has 0 saturated heterocycles. The van der Waals surface area contributed by atoms with Crippen molar-refractivity contribution in [2.75, 3.05) is 11.4 Å². The van der Waals surface area contributed by atoms with Crippen molar-refractivity contribution in [1.29, 1.82) is 0 Å². The first-order chi connectivity index (χ1) is 8.21. The summed E-state index contributed by atoms with van der Waals surface area (Å²) in [6.45, 7) is 0.543. The van der Waals surface area contributed by atoms with Crippen molar-refractivity contribution in [2.45, 2.75) is 13.1 Å². The van der Waals surface area contributed by atoms with Gasteiger partial charge in [-0.15, -0.1) is 0 Å².